The molecule has 1 aromatic heterocycles. The molecule has 0 fully saturated rings. The van der Waals surface area contributed by atoms with Crippen molar-refractivity contribution >= 4 is 15.5 Å². The van der Waals surface area contributed by atoms with E-state index < -0.39 is 9.84 Å². The third kappa shape index (κ3) is 2.99. The normalized spacial score (nSPS) is 11.3. The maximum Gasteiger partial charge on any atom is 0.192 e. The molecule has 0 unspecified atom stereocenters. The minimum absolute atomic E-state index is 0.111. The second-order valence-electron chi connectivity index (χ2n) is 3.08. The van der Waals surface area contributed by atoms with Crippen LogP contribution in [0.4, 0.5) is 5.69 Å². The van der Waals surface area contributed by atoms with E-state index in [0.717, 1.165) is 24.9 Å². The minimum atomic E-state index is -3.18. The van der Waals surface area contributed by atoms with Crippen molar-refractivity contribution in [3.05, 3.63) is 18.3 Å². The maximum absolute atomic E-state index is 11.1. The number of hydrogen-bond donors (Lipinski definition) is 1. The number of pyridine rings is 1. The Morgan fingerprint density at radius 1 is 1.43 bits per heavy atom. The van der Waals surface area contributed by atoms with E-state index in [0.29, 0.717) is 0 Å². The Morgan fingerprint density at radius 3 is 2.57 bits per heavy atom. The van der Waals surface area contributed by atoms with Gasteiger partial charge in [-0.15, -0.1) is 0 Å². The van der Waals surface area contributed by atoms with Crippen LogP contribution in [0.3, 0.4) is 0 Å². The second kappa shape index (κ2) is 4.41. The summed E-state index contributed by atoms with van der Waals surface area (Å²) >= 11 is 0. The van der Waals surface area contributed by atoms with Crippen molar-refractivity contribution in [1.29, 1.82) is 0 Å². The lowest BCUT2D eigenvalue weighted by molar-refractivity contribution is 0.598. The zero-order valence-corrected chi connectivity index (χ0v) is 9.13. The van der Waals surface area contributed by atoms with E-state index in [2.05, 4.69) is 17.2 Å². The highest BCUT2D eigenvalue weighted by Gasteiger charge is 2.07. The van der Waals surface area contributed by atoms with Gasteiger partial charge < -0.3 is 5.32 Å². The van der Waals surface area contributed by atoms with Crippen LogP contribution in [0.5, 0.6) is 0 Å². The molecule has 5 heteroatoms. The van der Waals surface area contributed by atoms with Crippen LogP contribution in [0.1, 0.15) is 13.3 Å². The van der Waals surface area contributed by atoms with Crippen molar-refractivity contribution in [3.8, 4) is 0 Å². The Kier molecular flexibility index (Phi) is 3.46. The average molecular weight is 214 g/mol. The fourth-order valence-corrected chi connectivity index (χ4v) is 1.53. The van der Waals surface area contributed by atoms with Crippen LogP contribution >= 0.6 is 0 Å². The standard InChI is InChI=1S/C9H14N2O2S/c1-3-6-10-8-4-5-9(11-7-8)14(2,12)13/h4-5,7,10H,3,6H2,1-2H3. The molecule has 0 aliphatic rings. The Labute approximate surface area is 84.3 Å². The van der Waals surface area contributed by atoms with Gasteiger partial charge >= 0.3 is 0 Å². The third-order valence-corrected chi connectivity index (χ3v) is 2.70. The summed E-state index contributed by atoms with van der Waals surface area (Å²) < 4.78 is 22.2. The predicted molar refractivity (Wildman–Crippen MR) is 56.1 cm³/mol. The van der Waals surface area contributed by atoms with E-state index in [9.17, 15) is 8.42 Å². The van der Waals surface area contributed by atoms with Crippen LogP contribution in [0.2, 0.25) is 0 Å². The van der Waals surface area contributed by atoms with Crippen molar-refractivity contribution in [2.24, 2.45) is 0 Å². The van der Waals surface area contributed by atoms with Gasteiger partial charge in [-0.05, 0) is 18.6 Å². The summed E-state index contributed by atoms with van der Waals surface area (Å²) in [6, 6.07) is 3.23. The van der Waals surface area contributed by atoms with E-state index in [-0.39, 0.29) is 5.03 Å². The number of aromatic nitrogens is 1. The first kappa shape index (κ1) is 11.0. The highest BCUT2D eigenvalue weighted by Crippen LogP contribution is 2.09. The molecule has 4 nitrogen and oxygen atoms in total. The van der Waals surface area contributed by atoms with Crippen LogP contribution in [-0.2, 0) is 9.84 Å². The van der Waals surface area contributed by atoms with E-state index in [1.54, 1.807) is 6.07 Å². The monoisotopic (exact) mass is 214 g/mol. The molecule has 0 bridgehead atoms. The minimum Gasteiger partial charge on any atom is -0.384 e. The highest BCUT2D eigenvalue weighted by atomic mass is 32.2. The average Bonchev–Trinajstić information content (AvgIpc) is 2.14. The Hall–Kier alpha value is -1.10. The molecule has 0 aliphatic carbocycles. The van der Waals surface area contributed by atoms with Crippen molar-refractivity contribution in [2.75, 3.05) is 18.1 Å². The third-order valence-electron chi connectivity index (χ3n) is 1.70. The van der Waals surface area contributed by atoms with E-state index >= 15 is 0 Å². The van der Waals surface area contributed by atoms with Crippen LogP contribution in [0, 0.1) is 0 Å². The molecular weight excluding hydrogens is 200 g/mol. The van der Waals surface area contributed by atoms with E-state index in [1.807, 2.05) is 0 Å². The van der Waals surface area contributed by atoms with E-state index in [4.69, 9.17) is 0 Å². The molecule has 78 valence electrons. The molecule has 1 rings (SSSR count). The zero-order valence-electron chi connectivity index (χ0n) is 8.32. The van der Waals surface area contributed by atoms with Gasteiger partial charge in [0.1, 0.15) is 0 Å². The first-order valence-corrected chi connectivity index (χ1v) is 6.33. The Morgan fingerprint density at radius 2 is 2.14 bits per heavy atom. The van der Waals surface area contributed by atoms with Gasteiger partial charge in [-0.2, -0.15) is 0 Å². The lowest BCUT2D eigenvalue weighted by atomic mass is 10.4. The molecule has 0 spiro atoms. The molecule has 0 aliphatic heterocycles. The number of anilines is 1. The predicted octanol–water partition coefficient (Wildman–Crippen LogP) is 1.31. The molecule has 14 heavy (non-hydrogen) atoms. The quantitative estimate of drug-likeness (QED) is 0.821. The molecular formula is C9H14N2O2S. The zero-order chi connectivity index (χ0) is 10.6. The summed E-state index contributed by atoms with van der Waals surface area (Å²) in [6.45, 7) is 2.92. The first-order chi connectivity index (χ1) is 6.54. The molecule has 0 aromatic carbocycles. The van der Waals surface area contributed by atoms with Crippen molar-refractivity contribution in [1.82, 2.24) is 4.98 Å². The molecule has 1 heterocycles. The SMILES string of the molecule is CCCNc1ccc(S(C)(=O)=O)nc1. The molecule has 0 saturated heterocycles. The summed E-state index contributed by atoms with van der Waals surface area (Å²) in [4.78, 5) is 3.85. The highest BCUT2D eigenvalue weighted by molar-refractivity contribution is 7.90. The summed E-state index contributed by atoms with van der Waals surface area (Å²) in [6.07, 6.45) is 3.70. The van der Waals surface area contributed by atoms with E-state index in [1.165, 1.54) is 12.3 Å². The first-order valence-electron chi connectivity index (χ1n) is 4.44. The summed E-state index contributed by atoms with van der Waals surface area (Å²) in [5.41, 5.74) is 0.847. The van der Waals surface area contributed by atoms with Gasteiger partial charge in [0.15, 0.2) is 14.9 Å². The van der Waals surface area contributed by atoms with Gasteiger partial charge in [0.2, 0.25) is 0 Å². The van der Waals surface area contributed by atoms with Crippen LogP contribution in [0.25, 0.3) is 0 Å². The summed E-state index contributed by atoms with van der Waals surface area (Å²) in [7, 11) is -3.18. The molecule has 0 radical (unpaired) electrons. The van der Waals surface area contributed by atoms with Gasteiger partial charge in [-0.1, -0.05) is 6.92 Å². The lowest BCUT2D eigenvalue weighted by Gasteiger charge is -2.04. The van der Waals surface area contributed by atoms with Gasteiger partial charge in [0, 0.05) is 12.8 Å². The fraction of sp³-hybridized carbons (Fsp3) is 0.444. The van der Waals surface area contributed by atoms with Crippen LogP contribution in [0.15, 0.2) is 23.4 Å². The van der Waals surface area contributed by atoms with Crippen molar-refractivity contribution in [3.63, 3.8) is 0 Å². The second-order valence-corrected chi connectivity index (χ2v) is 5.05. The van der Waals surface area contributed by atoms with Gasteiger partial charge in [0.25, 0.3) is 0 Å². The molecule has 0 atom stereocenters. The molecule has 1 aromatic rings. The number of hydrogen-bond acceptors (Lipinski definition) is 4. The molecule has 1 N–H and O–H groups in total. The summed E-state index contributed by atoms with van der Waals surface area (Å²) in [5.74, 6) is 0. The van der Waals surface area contributed by atoms with Gasteiger partial charge in [0.05, 0.1) is 11.9 Å². The van der Waals surface area contributed by atoms with Gasteiger partial charge in [-0.3, -0.25) is 0 Å². The fourth-order valence-electron chi connectivity index (χ4n) is 0.974. The number of nitrogens with one attached hydrogen (secondary N) is 1. The van der Waals surface area contributed by atoms with Crippen LogP contribution < -0.4 is 5.32 Å². The molecule has 0 amide bonds. The van der Waals surface area contributed by atoms with Crippen molar-refractivity contribution in [2.45, 2.75) is 18.4 Å². The maximum atomic E-state index is 11.1. The summed E-state index contributed by atoms with van der Waals surface area (Å²) in [5, 5.41) is 3.23. The topological polar surface area (TPSA) is 59.1 Å². The molecule has 0 saturated carbocycles. The Balaban J connectivity index is 2.79. The Bertz CT molecular complexity index is 384. The number of sulfone groups is 1. The lowest BCUT2D eigenvalue weighted by Crippen LogP contribution is -2.03. The van der Waals surface area contributed by atoms with Gasteiger partial charge in [-0.25, -0.2) is 13.4 Å². The smallest absolute Gasteiger partial charge is 0.192 e. The van der Waals surface area contributed by atoms with Crippen molar-refractivity contribution < 1.29 is 8.42 Å². The largest absolute Gasteiger partial charge is 0.384 e. The number of rotatable bonds is 4. The van der Waals surface area contributed by atoms with Crippen LogP contribution in [-0.4, -0.2) is 26.2 Å². The number of nitrogens with zero attached hydrogens (tertiary/aromatic N) is 1.